The lowest BCUT2D eigenvalue weighted by Crippen LogP contribution is -2.28. The second-order valence-electron chi connectivity index (χ2n) is 5.17. The number of hydrogen-bond acceptors (Lipinski definition) is 7. The lowest BCUT2D eigenvalue weighted by molar-refractivity contribution is -0.116. The van der Waals surface area contributed by atoms with Crippen LogP contribution in [0.5, 0.6) is 0 Å². The summed E-state index contributed by atoms with van der Waals surface area (Å²) < 4.78 is 6.62. The zero-order valence-corrected chi connectivity index (χ0v) is 13.6. The zero-order valence-electron chi connectivity index (χ0n) is 12.7. The Morgan fingerprint density at radius 1 is 1.24 bits per heavy atom. The molecule has 0 spiro atoms. The van der Waals surface area contributed by atoms with Crippen LogP contribution in [-0.4, -0.2) is 25.7 Å². The first-order chi connectivity index (χ1) is 12.2. The van der Waals surface area contributed by atoms with Gasteiger partial charge in [0.05, 0.1) is 17.2 Å². The largest absolute Gasteiger partial charge is 0.403 e. The number of carbonyl (C=O) groups excluding carboxylic acids is 1. The predicted molar refractivity (Wildman–Crippen MR) is 92.2 cm³/mol. The number of carbonyl (C=O) groups is 1. The van der Waals surface area contributed by atoms with E-state index in [0.29, 0.717) is 16.8 Å². The lowest BCUT2D eigenvalue weighted by atomic mass is 10.2. The van der Waals surface area contributed by atoms with Crippen LogP contribution in [0.25, 0.3) is 22.4 Å². The molecule has 1 amide bonds. The van der Waals surface area contributed by atoms with Crippen molar-refractivity contribution in [3.63, 3.8) is 0 Å². The van der Waals surface area contributed by atoms with Crippen molar-refractivity contribution in [2.45, 2.75) is 6.54 Å². The van der Waals surface area contributed by atoms with E-state index < -0.39 is 5.91 Å². The summed E-state index contributed by atoms with van der Waals surface area (Å²) in [6.07, 6.45) is 1.34. The summed E-state index contributed by atoms with van der Waals surface area (Å²) in [7, 11) is 0. The van der Waals surface area contributed by atoms with Crippen molar-refractivity contribution in [1.82, 2.24) is 19.7 Å². The predicted octanol–water partition coefficient (Wildman–Crippen LogP) is 2.15. The number of benzene rings is 1. The van der Waals surface area contributed by atoms with Crippen LogP contribution in [-0.2, 0) is 11.3 Å². The number of aromatic nitrogens is 4. The van der Waals surface area contributed by atoms with E-state index in [-0.39, 0.29) is 18.1 Å². The molecular formula is C16H11N5O3S. The molecule has 4 aromatic rings. The Kier molecular flexibility index (Phi) is 3.82. The Hall–Kier alpha value is -3.33. The molecule has 0 fully saturated rings. The van der Waals surface area contributed by atoms with Gasteiger partial charge in [0.1, 0.15) is 6.54 Å². The third-order valence-electron chi connectivity index (χ3n) is 3.48. The molecular weight excluding hydrogens is 342 g/mol. The summed E-state index contributed by atoms with van der Waals surface area (Å²) in [6.45, 7) is -0.202. The van der Waals surface area contributed by atoms with Crippen molar-refractivity contribution in [3.8, 4) is 11.5 Å². The van der Waals surface area contributed by atoms with E-state index >= 15 is 0 Å². The molecule has 0 atom stereocenters. The standard InChI is InChI=1S/C16H11N5O3S/c22-13(18-16-20-19-14(24-16)10-5-6-25-8-10)7-21-9-17-12-4-2-1-3-11(12)15(21)23/h1-6,8-9H,7H2,(H,18,20,22). The molecule has 0 radical (unpaired) electrons. The van der Waals surface area contributed by atoms with Crippen molar-refractivity contribution < 1.29 is 9.21 Å². The summed E-state index contributed by atoms with van der Waals surface area (Å²) in [4.78, 5) is 28.7. The number of hydrogen-bond donors (Lipinski definition) is 1. The minimum atomic E-state index is -0.459. The van der Waals surface area contributed by atoms with Crippen LogP contribution in [0.15, 0.2) is 56.6 Å². The SMILES string of the molecule is O=C(Cn1cnc2ccccc2c1=O)Nc1nnc(-c2ccsc2)o1. The van der Waals surface area contributed by atoms with Gasteiger partial charge in [0.15, 0.2) is 0 Å². The third-order valence-corrected chi connectivity index (χ3v) is 4.17. The number of thiophene rings is 1. The van der Waals surface area contributed by atoms with Gasteiger partial charge in [-0.15, -0.1) is 5.10 Å². The van der Waals surface area contributed by atoms with Crippen molar-refractivity contribution in [3.05, 3.63) is 57.8 Å². The molecule has 25 heavy (non-hydrogen) atoms. The minimum absolute atomic E-state index is 0.0204. The fourth-order valence-electron chi connectivity index (χ4n) is 2.31. The molecule has 0 aliphatic rings. The van der Waals surface area contributed by atoms with E-state index in [4.69, 9.17) is 4.42 Å². The highest BCUT2D eigenvalue weighted by atomic mass is 32.1. The average molecular weight is 353 g/mol. The van der Waals surface area contributed by atoms with Gasteiger partial charge in [-0.3, -0.25) is 19.5 Å². The number of nitrogens with zero attached hydrogens (tertiary/aromatic N) is 4. The Morgan fingerprint density at radius 2 is 2.12 bits per heavy atom. The van der Waals surface area contributed by atoms with Gasteiger partial charge in [0.2, 0.25) is 5.91 Å². The van der Waals surface area contributed by atoms with Crippen LogP contribution in [0.4, 0.5) is 6.01 Å². The normalized spacial score (nSPS) is 10.9. The van der Waals surface area contributed by atoms with E-state index in [9.17, 15) is 9.59 Å². The van der Waals surface area contributed by atoms with Crippen molar-refractivity contribution >= 4 is 34.2 Å². The summed E-state index contributed by atoms with van der Waals surface area (Å²) in [5, 5.41) is 14.3. The third kappa shape index (κ3) is 3.04. The summed E-state index contributed by atoms with van der Waals surface area (Å²) >= 11 is 1.50. The highest BCUT2D eigenvalue weighted by Gasteiger charge is 2.13. The van der Waals surface area contributed by atoms with E-state index in [1.54, 1.807) is 24.3 Å². The van der Waals surface area contributed by atoms with E-state index in [1.807, 2.05) is 16.8 Å². The Bertz CT molecular complexity index is 1100. The highest BCUT2D eigenvalue weighted by molar-refractivity contribution is 7.08. The monoisotopic (exact) mass is 353 g/mol. The van der Waals surface area contributed by atoms with Gasteiger partial charge in [0, 0.05) is 10.9 Å². The fraction of sp³-hybridized carbons (Fsp3) is 0.0625. The van der Waals surface area contributed by atoms with Gasteiger partial charge < -0.3 is 4.42 Å². The maximum atomic E-state index is 12.4. The van der Waals surface area contributed by atoms with Crippen LogP contribution < -0.4 is 10.9 Å². The minimum Gasteiger partial charge on any atom is -0.403 e. The van der Waals surface area contributed by atoms with E-state index in [2.05, 4.69) is 20.5 Å². The van der Waals surface area contributed by atoms with Gasteiger partial charge in [-0.2, -0.15) is 11.3 Å². The Balaban J connectivity index is 1.51. The van der Waals surface area contributed by atoms with Crippen LogP contribution in [0.3, 0.4) is 0 Å². The summed E-state index contributed by atoms with van der Waals surface area (Å²) in [5.74, 6) is -0.138. The highest BCUT2D eigenvalue weighted by Crippen LogP contribution is 2.21. The van der Waals surface area contributed by atoms with Crippen LogP contribution in [0.2, 0.25) is 0 Å². The molecule has 0 bridgehead atoms. The van der Waals surface area contributed by atoms with E-state index in [1.165, 1.54) is 22.2 Å². The number of anilines is 1. The lowest BCUT2D eigenvalue weighted by Gasteiger charge is -2.05. The second-order valence-corrected chi connectivity index (χ2v) is 5.95. The van der Waals surface area contributed by atoms with Crippen LogP contribution in [0.1, 0.15) is 0 Å². The van der Waals surface area contributed by atoms with Crippen molar-refractivity contribution in [2.75, 3.05) is 5.32 Å². The van der Waals surface area contributed by atoms with Crippen molar-refractivity contribution in [2.24, 2.45) is 0 Å². The second kappa shape index (κ2) is 6.29. The smallest absolute Gasteiger partial charge is 0.322 e. The summed E-state index contributed by atoms with van der Waals surface area (Å²) in [5.41, 5.74) is 1.08. The van der Waals surface area contributed by atoms with Gasteiger partial charge >= 0.3 is 6.01 Å². The Morgan fingerprint density at radius 3 is 2.96 bits per heavy atom. The van der Waals surface area contributed by atoms with Gasteiger partial charge in [0.25, 0.3) is 11.4 Å². The molecule has 3 heterocycles. The molecule has 4 rings (SSSR count). The average Bonchev–Trinajstić information content (AvgIpc) is 3.29. The first-order valence-corrected chi connectivity index (χ1v) is 8.25. The number of rotatable bonds is 4. The van der Waals surface area contributed by atoms with Crippen LogP contribution in [0, 0.1) is 0 Å². The molecule has 3 aromatic heterocycles. The van der Waals surface area contributed by atoms with Gasteiger partial charge in [-0.1, -0.05) is 17.2 Å². The van der Waals surface area contributed by atoms with Gasteiger partial charge in [-0.05, 0) is 23.6 Å². The first kappa shape index (κ1) is 15.2. The zero-order chi connectivity index (χ0) is 17.2. The number of para-hydroxylation sites is 1. The van der Waals surface area contributed by atoms with E-state index in [0.717, 1.165) is 5.56 Å². The quantitative estimate of drug-likeness (QED) is 0.603. The molecule has 0 saturated carbocycles. The molecule has 9 heteroatoms. The Labute approximate surface area is 144 Å². The van der Waals surface area contributed by atoms with Crippen molar-refractivity contribution in [1.29, 1.82) is 0 Å². The molecule has 124 valence electrons. The molecule has 8 nitrogen and oxygen atoms in total. The maximum Gasteiger partial charge on any atom is 0.322 e. The first-order valence-electron chi connectivity index (χ1n) is 7.31. The molecule has 0 aliphatic carbocycles. The molecule has 1 N–H and O–H groups in total. The molecule has 0 aliphatic heterocycles. The fourth-order valence-corrected chi connectivity index (χ4v) is 2.94. The molecule has 1 aromatic carbocycles. The maximum absolute atomic E-state index is 12.4. The molecule has 0 saturated heterocycles. The number of amides is 1. The topological polar surface area (TPSA) is 103 Å². The molecule has 0 unspecified atom stereocenters. The number of fused-ring (bicyclic) bond motifs is 1. The van der Waals surface area contributed by atoms with Crippen LogP contribution >= 0.6 is 11.3 Å². The number of nitrogens with one attached hydrogen (secondary N) is 1. The van der Waals surface area contributed by atoms with Gasteiger partial charge in [-0.25, -0.2) is 4.98 Å². The summed E-state index contributed by atoms with van der Waals surface area (Å²) in [6, 6.07) is 8.78.